The number of hydrogen-bond acceptors (Lipinski definition) is 9. The number of carbonyl (C=O) groups is 1. The van der Waals surface area contributed by atoms with Gasteiger partial charge >= 0.3 is 0 Å². The zero-order valence-corrected chi connectivity index (χ0v) is 27.6. The highest BCUT2D eigenvalue weighted by atomic mass is 19.1. The summed E-state index contributed by atoms with van der Waals surface area (Å²) in [5, 5.41) is 3.23. The van der Waals surface area contributed by atoms with Crippen LogP contribution >= 0.6 is 0 Å². The van der Waals surface area contributed by atoms with Crippen molar-refractivity contribution < 1.29 is 9.18 Å². The van der Waals surface area contributed by atoms with Gasteiger partial charge in [0.25, 0.3) is 0 Å². The molecule has 0 aliphatic carbocycles. The maximum absolute atomic E-state index is 15.8. The quantitative estimate of drug-likeness (QED) is 0.237. The van der Waals surface area contributed by atoms with Crippen molar-refractivity contribution in [3.63, 3.8) is 0 Å². The van der Waals surface area contributed by atoms with Gasteiger partial charge in [-0.05, 0) is 86.4 Å². The molecule has 3 aromatic heterocycles. The molecule has 0 amide bonds. The van der Waals surface area contributed by atoms with Crippen LogP contribution in [0.25, 0.3) is 28.1 Å². The number of fused-ring (bicyclic) bond motifs is 2. The number of nitrogens with one attached hydrogen (secondary N) is 1. The predicted octanol–water partition coefficient (Wildman–Crippen LogP) is 4.59. The second-order valence-corrected chi connectivity index (χ2v) is 13.0. The van der Waals surface area contributed by atoms with Crippen LogP contribution in [0.15, 0.2) is 77.6 Å². The maximum atomic E-state index is 15.8. The van der Waals surface area contributed by atoms with Crippen LogP contribution < -0.4 is 16.0 Å². The van der Waals surface area contributed by atoms with Crippen molar-refractivity contribution in [1.29, 1.82) is 0 Å². The van der Waals surface area contributed by atoms with E-state index in [0.29, 0.717) is 47.8 Å². The molecule has 3 atom stereocenters. The molecule has 3 aliphatic rings. The van der Waals surface area contributed by atoms with Crippen LogP contribution in [0, 0.1) is 42.3 Å². The van der Waals surface area contributed by atoms with E-state index >= 15 is 4.39 Å². The monoisotopic (exact) mass is 657 g/mol. The van der Waals surface area contributed by atoms with Gasteiger partial charge in [-0.1, -0.05) is 11.8 Å². The number of likely N-dealkylation sites (tertiary alicyclic amines) is 1. The number of nitrogens with zero attached hydrogens (tertiary/aromatic N) is 7. The molecule has 0 spiro atoms. The van der Waals surface area contributed by atoms with E-state index in [0.717, 1.165) is 80.0 Å². The molecule has 11 heteroatoms. The third kappa shape index (κ3) is 7.25. The standard InChI is InChI=1S/C38H40FN9O/c1-26-44-35-8-7-34(29-12-16-43-37(40)18-29)45-38(35)48(26)32-6-9-36(33(39)19-32)47-23-30-21-46(22-31(30)24-47)17-3-5-27-4-2-13-41-14-10-28(25-49)11-15-42-20-27/h2,4,6-9,12-13,16,18-20,25,28,30-31,41H,10-11,14-15,17,21-24H2,1H3,(H2,40,43)/b13-2+,27-4-,42-20?. The fourth-order valence-corrected chi connectivity index (χ4v) is 7.08. The van der Waals surface area contributed by atoms with Crippen molar-refractivity contribution in [2.45, 2.75) is 19.8 Å². The second-order valence-electron chi connectivity index (χ2n) is 13.0. The minimum Gasteiger partial charge on any atom is -0.391 e. The van der Waals surface area contributed by atoms with Crippen molar-refractivity contribution in [3.8, 4) is 28.8 Å². The topological polar surface area (TPSA) is 118 Å². The van der Waals surface area contributed by atoms with Gasteiger partial charge in [0.05, 0.1) is 23.6 Å². The molecule has 0 radical (unpaired) electrons. The first kappa shape index (κ1) is 32.2. The molecule has 6 heterocycles. The second kappa shape index (κ2) is 14.4. The van der Waals surface area contributed by atoms with E-state index in [2.05, 4.69) is 41.9 Å². The number of aryl methyl sites for hydroxylation is 1. The van der Waals surface area contributed by atoms with Gasteiger partial charge in [0.2, 0.25) is 0 Å². The molecule has 2 saturated heterocycles. The lowest BCUT2D eigenvalue weighted by atomic mass is 10.0. The fraction of sp³-hybridized carbons (Fsp3) is 0.342. The zero-order chi connectivity index (χ0) is 33.7. The average molecular weight is 658 g/mol. The summed E-state index contributed by atoms with van der Waals surface area (Å²) in [7, 11) is 0. The molecule has 49 heavy (non-hydrogen) atoms. The molecule has 4 aromatic rings. The Morgan fingerprint density at radius 2 is 1.92 bits per heavy atom. The minimum absolute atomic E-state index is 0.0243. The van der Waals surface area contributed by atoms with Crippen LogP contribution in [0.2, 0.25) is 0 Å². The van der Waals surface area contributed by atoms with Crippen molar-refractivity contribution in [2.24, 2.45) is 22.7 Å². The predicted molar refractivity (Wildman–Crippen MR) is 192 cm³/mol. The number of pyridine rings is 2. The summed E-state index contributed by atoms with van der Waals surface area (Å²) in [6.07, 6.45) is 11.8. The number of nitrogen functional groups attached to an aromatic ring is 1. The summed E-state index contributed by atoms with van der Waals surface area (Å²) < 4.78 is 17.7. The van der Waals surface area contributed by atoms with Crippen molar-refractivity contribution in [3.05, 3.63) is 84.2 Å². The Kier molecular flexibility index (Phi) is 9.48. The first-order chi connectivity index (χ1) is 23.9. The Morgan fingerprint density at radius 3 is 2.71 bits per heavy atom. The lowest BCUT2D eigenvalue weighted by Gasteiger charge is -2.23. The Balaban J connectivity index is 0.994. The Hall–Kier alpha value is -5.34. The molecule has 2 fully saturated rings. The summed E-state index contributed by atoms with van der Waals surface area (Å²) in [6, 6.07) is 12.9. The number of aromatic nitrogens is 4. The van der Waals surface area contributed by atoms with E-state index in [4.69, 9.17) is 10.7 Å². The van der Waals surface area contributed by atoms with Crippen molar-refractivity contribution >= 4 is 35.2 Å². The molecular weight excluding hydrogens is 617 g/mol. The largest absolute Gasteiger partial charge is 0.391 e. The highest BCUT2D eigenvalue weighted by Gasteiger charge is 2.40. The van der Waals surface area contributed by atoms with E-state index in [1.165, 1.54) is 0 Å². The number of benzene rings is 1. The Morgan fingerprint density at radius 1 is 1.06 bits per heavy atom. The van der Waals surface area contributed by atoms with Crippen molar-refractivity contribution in [2.75, 3.05) is 56.4 Å². The number of aliphatic imine (C=N–C) groups is 1. The lowest BCUT2D eigenvalue weighted by Crippen LogP contribution is -2.29. The molecule has 0 saturated carbocycles. The van der Waals surface area contributed by atoms with Gasteiger partial charge in [0.1, 0.15) is 29.3 Å². The molecule has 0 bridgehead atoms. The number of imidazole rings is 1. The van der Waals surface area contributed by atoms with Gasteiger partial charge in [-0.25, -0.2) is 19.3 Å². The number of rotatable bonds is 5. The van der Waals surface area contributed by atoms with Gasteiger partial charge in [-0.3, -0.25) is 14.5 Å². The molecule has 3 unspecified atom stereocenters. The normalized spacial score (nSPS) is 23.0. The summed E-state index contributed by atoms with van der Waals surface area (Å²) in [5.41, 5.74) is 11.1. The van der Waals surface area contributed by atoms with E-state index < -0.39 is 0 Å². The molecule has 1 aromatic carbocycles. The van der Waals surface area contributed by atoms with Crippen LogP contribution in [0.5, 0.6) is 0 Å². The van der Waals surface area contributed by atoms with Crippen molar-refractivity contribution in [1.82, 2.24) is 29.7 Å². The first-order valence-electron chi connectivity index (χ1n) is 16.8. The van der Waals surface area contributed by atoms with Crippen LogP contribution in [0.1, 0.15) is 18.7 Å². The van der Waals surface area contributed by atoms with E-state index in [1.54, 1.807) is 24.5 Å². The average Bonchev–Trinajstić information content (AvgIpc) is 3.76. The van der Waals surface area contributed by atoms with Gasteiger partial charge in [0.15, 0.2) is 5.65 Å². The lowest BCUT2D eigenvalue weighted by molar-refractivity contribution is -0.111. The Bertz CT molecular complexity index is 1990. The smallest absolute Gasteiger partial charge is 0.165 e. The number of aldehydes is 1. The van der Waals surface area contributed by atoms with Gasteiger partial charge < -0.3 is 20.7 Å². The molecule has 250 valence electrons. The number of allylic oxidation sites excluding steroid dienone is 3. The van der Waals surface area contributed by atoms with Gasteiger partial charge in [-0.2, -0.15) is 0 Å². The number of nitrogens with two attached hydrogens (primary N) is 1. The molecule has 10 nitrogen and oxygen atoms in total. The fourth-order valence-electron chi connectivity index (χ4n) is 7.08. The molecular formula is C38H40FN9O. The molecule has 7 rings (SSSR count). The van der Waals surface area contributed by atoms with E-state index in [-0.39, 0.29) is 11.7 Å². The number of anilines is 2. The van der Waals surface area contributed by atoms with Gasteiger partial charge in [0, 0.05) is 74.8 Å². The van der Waals surface area contributed by atoms with Crippen LogP contribution in [-0.2, 0) is 4.79 Å². The highest BCUT2D eigenvalue weighted by Crippen LogP contribution is 2.36. The number of hydrogen-bond donors (Lipinski definition) is 2. The molecule has 3 aliphatic heterocycles. The summed E-state index contributed by atoms with van der Waals surface area (Å²) in [4.78, 5) is 34.0. The molecule has 3 N–H and O–H groups in total. The summed E-state index contributed by atoms with van der Waals surface area (Å²) in [6.45, 7) is 7.47. The maximum Gasteiger partial charge on any atom is 0.165 e. The number of carbonyl (C=O) groups excluding carboxylic acids is 1. The Labute approximate surface area is 285 Å². The first-order valence-corrected chi connectivity index (χ1v) is 16.8. The summed E-state index contributed by atoms with van der Waals surface area (Å²) in [5.74, 6) is 8.46. The van der Waals surface area contributed by atoms with E-state index in [1.807, 2.05) is 60.2 Å². The van der Waals surface area contributed by atoms with Crippen LogP contribution in [-0.4, -0.2) is 82.7 Å². The third-order valence-corrected chi connectivity index (χ3v) is 9.58. The van der Waals surface area contributed by atoms with Gasteiger partial charge in [-0.15, -0.1) is 0 Å². The van der Waals surface area contributed by atoms with Crippen LogP contribution in [0.4, 0.5) is 15.9 Å². The zero-order valence-electron chi connectivity index (χ0n) is 27.6. The van der Waals surface area contributed by atoms with E-state index in [9.17, 15) is 4.79 Å². The SMILES string of the molecule is Cc1nc2ccc(-c3ccnc(N)c3)nc2n1-c1ccc(N2CC3CN(CC#C/C4=C/C=C/NCCC(C=O)CCN=C4)CC3C2)c(F)c1. The summed E-state index contributed by atoms with van der Waals surface area (Å²) >= 11 is 0. The third-order valence-electron chi connectivity index (χ3n) is 9.58. The minimum atomic E-state index is -0.252. The van der Waals surface area contributed by atoms with Crippen LogP contribution in [0.3, 0.4) is 0 Å². The number of halogens is 1. The highest BCUT2D eigenvalue weighted by molar-refractivity contribution is 5.85.